The van der Waals surface area contributed by atoms with E-state index in [-0.39, 0.29) is 97.2 Å². The molecule has 4 aliphatic rings. The molecule has 0 unspecified atom stereocenters. The van der Waals surface area contributed by atoms with Gasteiger partial charge in [0.05, 0.1) is 51.8 Å². The van der Waals surface area contributed by atoms with Crippen molar-refractivity contribution in [3.8, 4) is 0 Å². The third-order valence-corrected chi connectivity index (χ3v) is 16.8. The first kappa shape index (κ1) is 48.0. The summed E-state index contributed by atoms with van der Waals surface area (Å²) < 4.78 is 60.2. The van der Waals surface area contributed by atoms with E-state index in [0.29, 0.717) is 43.0 Å². The average Bonchev–Trinajstić information content (AvgIpc) is 3.56. The number of fused-ring (bicyclic) bond motifs is 3. The molecule has 5 atom stereocenters. The number of aromatic nitrogens is 2. The van der Waals surface area contributed by atoms with Gasteiger partial charge in [0, 0.05) is 66.1 Å². The molecule has 21 heteroatoms. The molecule has 1 aliphatic carbocycles. The van der Waals surface area contributed by atoms with Crippen LogP contribution in [0.15, 0.2) is 43.0 Å². The molecular formula is C42H58F2N5O10PS3. The largest absolute Gasteiger partial charge is 0.404 e. The Labute approximate surface area is 376 Å². The van der Waals surface area contributed by atoms with Gasteiger partial charge in [0.1, 0.15) is 12.1 Å². The molecule has 63 heavy (non-hydrogen) atoms. The summed E-state index contributed by atoms with van der Waals surface area (Å²) in [5.74, 6) is -0.284. The van der Waals surface area contributed by atoms with Crippen LogP contribution < -0.4 is 5.32 Å². The highest BCUT2D eigenvalue weighted by molar-refractivity contribution is 7.98. The number of carbonyl (C=O) groups is 3. The zero-order chi connectivity index (χ0) is 45.5. The third kappa shape index (κ3) is 11.6. The van der Waals surface area contributed by atoms with Crippen molar-refractivity contribution in [1.82, 2.24) is 24.7 Å². The second-order valence-electron chi connectivity index (χ2n) is 18.3. The highest BCUT2D eigenvalue weighted by atomic mass is 32.1. The molecule has 3 saturated heterocycles. The Bertz CT molecular complexity index is 2230. The van der Waals surface area contributed by atoms with Gasteiger partial charge in [0.2, 0.25) is 11.8 Å². The molecule has 15 nitrogen and oxygen atoms in total. The van der Waals surface area contributed by atoms with Gasteiger partial charge in [-0.25, -0.2) is 4.98 Å². The highest BCUT2D eigenvalue weighted by Crippen LogP contribution is 2.67. The number of aliphatic hydroxyl groups is 4. The van der Waals surface area contributed by atoms with Gasteiger partial charge in [0.25, 0.3) is 5.91 Å². The number of amides is 3. The lowest BCUT2D eigenvalue weighted by atomic mass is 9.98. The number of nitrogens with zero attached hydrogens (tertiary/aromatic N) is 4. The second kappa shape index (κ2) is 19.1. The summed E-state index contributed by atoms with van der Waals surface area (Å²) >= 11 is 1.62. The molecule has 5 N–H and O–H groups in total. The first-order chi connectivity index (χ1) is 29.6. The van der Waals surface area contributed by atoms with Crippen molar-refractivity contribution in [1.29, 1.82) is 0 Å². The number of alkyl halides is 2. The van der Waals surface area contributed by atoms with Crippen molar-refractivity contribution in [3.05, 3.63) is 53.4 Å². The van der Waals surface area contributed by atoms with Crippen LogP contribution in [0.1, 0.15) is 93.9 Å². The monoisotopic (exact) mass is 957 g/mol. The van der Waals surface area contributed by atoms with Crippen LogP contribution in [0.4, 0.5) is 8.78 Å². The van der Waals surface area contributed by atoms with Crippen LogP contribution in [0.2, 0.25) is 0 Å². The van der Waals surface area contributed by atoms with Gasteiger partial charge in [0.15, 0.2) is 0 Å². The maximum Gasteiger partial charge on any atom is 0.404 e. The Hall–Kier alpha value is -2.91. The number of halogens is 2. The van der Waals surface area contributed by atoms with Crippen molar-refractivity contribution in [3.63, 3.8) is 0 Å². The van der Waals surface area contributed by atoms with Crippen molar-refractivity contribution in [2.75, 3.05) is 37.8 Å². The number of aliphatic hydroxyl groups excluding tert-OH is 2. The normalized spacial score (nSPS) is 24.9. The number of likely N-dealkylation sites (tertiary alicyclic amines) is 1. The Balaban J connectivity index is 1.05. The van der Waals surface area contributed by atoms with Crippen LogP contribution in [-0.2, 0) is 28.9 Å². The average molecular weight is 958 g/mol. The van der Waals surface area contributed by atoms with E-state index < -0.39 is 61.2 Å². The van der Waals surface area contributed by atoms with Gasteiger partial charge in [-0.3, -0.25) is 18.9 Å². The van der Waals surface area contributed by atoms with E-state index in [2.05, 4.69) is 10.3 Å². The van der Waals surface area contributed by atoms with Crippen LogP contribution in [0, 0.1) is 11.8 Å². The number of thiol groups is 2. The maximum atomic E-state index is 16.5. The number of nitrogens with one attached hydrogen (secondary N) is 1. The summed E-state index contributed by atoms with van der Waals surface area (Å²) in [5.41, 5.74) is -7.27. The highest BCUT2D eigenvalue weighted by Gasteiger charge is 2.56. The van der Waals surface area contributed by atoms with Gasteiger partial charge >= 0.3 is 13.3 Å². The molecule has 4 fully saturated rings. The van der Waals surface area contributed by atoms with Crippen molar-refractivity contribution in [2.24, 2.45) is 11.8 Å². The number of benzene rings is 1. The summed E-state index contributed by atoms with van der Waals surface area (Å²) in [7, 11) is -5.29. The van der Waals surface area contributed by atoms with Crippen molar-refractivity contribution < 1.29 is 57.2 Å². The van der Waals surface area contributed by atoms with E-state index in [4.69, 9.17) is 9.05 Å². The minimum atomic E-state index is -5.29. The number of rotatable bonds is 18. The Morgan fingerprint density at radius 2 is 1.57 bits per heavy atom. The van der Waals surface area contributed by atoms with E-state index in [9.17, 15) is 39.4 Å². The molecule has 3 aliphatic heterocycles. The number of hydrogen-bond acceptors (Lipinski definition) is 10. The summed E-state index contributed by atoms with van der Waals surface area (Å²) in [5, 5.41) is 43.4. The lowest BCUT2D eigenvalue weighted by molar-refractivity contribution is -0.150. The molecule has 0 bridgehead atoms. The second-order valence-corrected chi connectivity index (χ2v) is 24.0. The minimum Gasteiger partial charge on any atom is -0.390 e. The number of thiophene rings is 1. The summed E-state index contributed by atoms with van der Waals surface area (Å²) in [6.45, 7) is 6.12. The summed E-state index contributed by atoms with van der Waals surface area (Å²) in [6.07, 6.45) is 8.67. The fraction of sp³-hybridized carbons (Fsp3) is 0.619. The van der Waals surface area contributed by atoms with Crippen LogP contribution in [0.3, 0.4) is 0 Å². The molecule has 3 amide bonds. The van der Waals surface area contributed by atoms with Gasteiger partial charge in [-0.2, -0.15) is 31.5 Å². The Morgan fingerprint density at radius 3 is 2.17 bits per heavy atom. The van der Waals surface area contributed by atoms with Crippen LogP contribution in [0.25, 0.3) is 10.1 Å². The topological polar surface area (TPSA) is 204 Å². The number of imidazole rings is 1. The van der Waals surface area contributed by atoms with Crippen LogP contribution >= 0.6 is 41.6 Å². The maximum absolute atomic E-state index is 16.5. The van der Waals surface area contributed by atoms with Gasteiger partial charge in [-0.15, -0.1) is 11.3 Å². The predicted molar refractivity (Wildman–Crippen MR) is 244 cm³/mol. The summed E-state index contributed by atoms with van der Waals surface area (Å²) in [6, 6.07) is 3.62. The van der Waals surface area contributed by atoms with E-state index in [0.717, 1.165) is 36.3 Å². The van der Waals surface area contributed by atoms with E-state index >= 15 is 8.78 Å². The summed E-state index contributed by atoms with van der Waals surface area (Å²) in [4.78, 5) is 49.8. The van der Waals surface area contributed by atoms with Gasteiger partial charge in [-0.05, 0) is 95.2 Å². The molecule has 7 rings (SSSR count). The predicted octanol–water partition coefficient (Wildman–Crippen LogP) is 5.97. The van der Waals surface area contributed by atoms with Gasteiger partial charge in [-0.1, -0.05) is 6.07 Å². The smallest absolute Gasteiger partial charge is 0.390 e. The number of hydrogen-bond donors (Lipinski definition) is 7. The third-order valence-electron chi connectivity index (χ3n) is 11.9. The zero-order valence-corrected chi connectivity index (χ0v) is 39.2. The molecule has 2 aromatic heterocycles. The molecule has 1 saturated carbocycles. The fourth-order valence-electron chi connectivity index (χ4n) is 8.64. The van der Waals surface area contributed by atoms with Crippen molar-refractivity contribution >= 4 is 79.5 Å². The van der Waals surface area contributed by atoms with Crippen molar-refractivity contribution in [2.45, 2.75) is 114 Å². The first-order valence-electron chi connectivity index (χ1n) is 21.2. The molecule has 0 spiro atoms. The fourth-order valence-corrected chi connectivity index (χ4v) is 13.3. The SMILES string of the molecule is CC(C)(O)CC(O)=[SH]CCOP(=O)(OCC[SH]=C(O)CC(C)(C)O)C(F)(F)c1ccc2sc(C(=O)N[C@H]3C[C@@H]4C[C@@H]4C[C@H]4CC[C@@H](C(=O)N5CC(n6ccnc6)C5)N4C3=O)cc2c1. The van der Waals surface area contributed by atoms with Crippen LogP contribution in [-0.4, -0.2) is 135 Å². The molecule has 5 heterocycles. The van der Waals surface area contributed by atoms with E-state index in [1.807, 2.05) is 10.8 Å². The Morgan fingerprint density at radius 1 is 0.937 bits per heavy atom. The van der Waals surface area contributed by atoms with E-state index in [1.165, 1.54) is 39.8 Å². The Kier molecular flexibility index (Phi) is 14.6. The van der Waals surface area contributed by atoms with Crippen LogP contribution in [0.5, 0.6) is 0 Å². The molecule has 0 radical (unpaired) electrons. The molecule has 348 valence electrons. The number of carbonyl (C=O) groups excluding carboxylic acids is 3. The quantitative estimate of drug-likeness (QED) is 0.0343. The van der Waals surface area contributed by atoms with E-state index in [1.54, 1.807) is 22.3 Å². The standard InChI is InChI=1S/C42H58F2N5O10PS3/c1-40(2,55)20-35(50)61-13-11-58-60(57,59-12-14-62-36(51)21-41(3,4)56)42(43,44)28-5-8-33-27(16-28)19-34(63-33)37(52)46-31-18-26-15-25(26)17-29-6-7-32(49(29)38(31)53)39(54)48-22-30(23-48)47-10-9-45-24-47/h5,8-10,16,19,24-26,29-32,50-51,55-56,61-62H,6-7,11-15,17-18,20-23H2,1-4H3,(H,46,52)/t25-,26+,29-,31+,32+/m1/s1. The molecule has 3 aromatic rings. The van der Waals surface area contributed by atoms with Gasteiger partial charge < -0.3 is 49.2 Å². The first-order valence-corrected chi connectivity index (χ1v) is 25.7. The lowest BCUT2D eigenvalue weighted by Crippen LogP contribution is -2.60. The molecule has 1 aromatic carbocycles. The minimum absolute atomic E-state index is 0.0299. The lowest BCUT2D eigenvalue weighted by Gasteiger charge is -2.43. The zero-order valence-electron chi connectivity index (χ0n) is 35.7. The molecular weight excluding hydrogens is 900 g/mol.